The molecule has 27 heavy (non-hydrogen) atoms. The van der Waals surface area contributed by atoms with Gasteiger partial charge in [0, 0.05) is 18.9 Å². The molecule has 0 saturated heterocycles. The van der Waals surface area contributed by atoms with Crippen LogP contribution in [0.3, 0.4) is 0 Å². The lowest BCUT2D eigenvalue weighted by Crippen LogP contribution is -2.04. The first-order valence-electron chi connectivity index (χ1n) is 8.71. The Balaban J connectivity index is 1.71. The Kier molecular flexibility index (Phi) is 4.46. The van der Waals surface area contributed by atoms with Crippen molar-refractivity contribution in [1.29, 1.82) is 0 Å². The molecule has 2 aromatic carbocycles. The van der Waals surface area contributed by atoms with Gasteiger partial charge in [0.15, 0.2) is 0 Å². The monoisotopic (exact) mass is 360 g/mol. The highest BCUT2D eigenvalue weighted by molar-refractivity contribution is 5.88. The number of hydrogen-bond acceptors (Lipinski definition) is 6. The Bertz CT molecular complexity index is 1090. The summed E-state index contributed by atoms with van der Waals surface area (Å²) in [4.78, 5) is 9.18. The Morgan fingerprint density at radius 2 is 1.81 bits per heavy atom. The molecule has 0 aliphatic heterocycles. The molecule has 0 fully saturated rings. The summed E-state index contributed by atoms with van der Waals surface area (Å²) in [5, 5.41) is 8.51. The molecule has 0 spiro atoms. The maximum atomic E-state index is 5.21. The summed E-state index contributed by atoms with van der Waals surface area (Å²) in [5.41, 5.74) is 4.03. The second-order valence-corrected chi connectivity index (χ2v) is 6.42. The molecule has 2 aromatic heterocycles. The fourth-order valence-corrected chi connectivity index (χ4v) is 2.92. The average molecular weight is 360 g/mol. The second-order valence-electron chi connectivity index (χ2n) is 6.42. The number of pyridine rings is 1. The van der Waals surface area contributed by atoms with Crippen LogP contribution in [0.25, 0.3) is 22.3 Å². The van der Waals surface area contributed by atoms with E-state index in [1.165, 1.54) is 5.56 Å². The summed E-state index contributed by atoms with van der Waals surface area (Å²) >= 11 is 0. The van der Waals surface area contributed by atoms with Crippen LogP contribution >= 0.6 is 0 Å². The van der Waals surface area contributed by atoms with Crippen molar-refractivity contribution in [2.24, 2.45) is 0 Å². The second kappa shape index (κ2) is 7.07. The van der Waals surface area contributed by atoms with Gasteiger partial charge in [0.2, 0.25) is 11.7 Å². The van der Waals surface area contributed by atoms with Crippen LogP contribution in [0.5, 0.6) is 5.75 Å². The first-order valence-corrected chi connectivity index (χ1v) is 8.71. The van der Waals surface area contributed by atoms with Crippen molar-refractivity contribution in [2.75, 3.05) is 12.4 Å². The van der Waals surface area contributed by atoms with Crippen molar-refractivity contribution in [3.63, 3.8) is 0 Å². The minimum absolute atomic E-state index is 0.523. The normalized spacial score (nSPS) is 10.9. The van der Waals surface area contributed by atoms with E-state index in [-0.39, 0.29) is 0 Å². The van der Waals surface area contributed by atoms with Crippen LogP contribution in [0.2, 0.25) is 0 Å². The summed E-state index contributed by atoms with van der Waals surface area (Å²) in [5.74, 6) is 2.61. The number of nitrogens with zero attached hydrogens (tertiary/aromatic N) is 3. The van der Waals surface area contributed by atoms with E-state index in [4.69, 9.17) is 14.2 Å². The van der Waals surface area contributed by atoms with Crippen LogP contribution < -0.4 is 10.1 Å². The molecule has 6 heteroatoms. The smallest absolute Gasteiger partial charge is 0.223 e. The predicted molar refractivity (Wildman–Crippen MR) is 105 cm³/mol. The van der Waals surface area contributed by atoms with Crippen LogP contribution in [-0.2, 0) is 6.54 Å². The molecule has 2 heterocycles. The summed E-state index contributed by atoms with van der Waals surface area (Å²) in [6, 6.07) is 16.2. The Morgan fingerprint density at radius 1 is 1.00 bits per heavy atom. The van der Waals surface area contributed by atoms with Gasteiger partial charge in [-0.15, -0.1) is 0 Å². The van der Waals surface area contributed by atoms with Crippen molar-refractivity contribution in [3.8, 4) is 17.1 Å². The van der Waals surface area contributed by atoms with Gasteiger partial charge in [-0.3, -0.25) is 0 Å². The zero-order valence-corrected chi connectivity index (χ0v) is 15.5. The van der Waals surface area contributed by atoms with E-state index in [2.05, 4.69) is 40.6 Å². The van der Waals surface area contributed by atoms with Crippen molar-refractivity contribution < 1.29 is 9.26 Å². The molecule has 0 aliphatic carbocycles. The zero-order chi connectivity index (χ0) is 18.8. The molecule has 4 rings (SSSR count). The van der Waals surface area contributed by atoms with Gasteiger partial charge in [-0.05, 0) is 42.3 Å². The molecule has 1 N–H and O–H groups in total. The summed E-state index contributed by atoms with van der Waals surface area (Å²) < 4.78 is 10.4. The largest absolute Gasteiger partial charge is 0.497 e. The number of nitrogens with one attached hydrogen (secondary N) is 1. The van der Waals surface area contributed by atoms with Gasteiger partial charge in [-0.2, -0.15) is 4.98 Å². The molecule has 0 unspecified atom stereocenters. The van der Waals surface area contributed by atoms with Crippen LogP contribution in [0.4, 0.5) is 5.82 Å². The summed E-state index contributed by atoms with van der Waals surface area (Å²) in [6.07, 6.45) is 0. The third-order valence-corrected chi connectivity index (χ3v) is 4.36. The third kappa shape index (κ3) is 3.60. The molecule has 136 valence electrons. The number of ether oxygens (including phenoxy) is 1. The van der Waals surface area contributed by atoms with Crippen LogP contribution in [0.15, 0.2) is 53.1 Å². The molecule has 0 radical (unpaired) electrons. The van der Waals surface area contributed by atoms with Gasteiger partial charge in [0.1, 0.15) is 11.6 Å². The van der Waals surface area contributed by atoms with Gasteiger partial charge in [0.05, 0.1) is 18.2 Å². The lowest BCUT2D eigenvalue weighted by Gasteiger charge is -2.11. The molecule has 6 nitrogen and oxygen atoms in total. The quantitative estimate of drug-likeness (QED) is 0.564. The van der Waals surface area contributed by atoms with Gasteiger partial charge < -0.3 is 14.6 Å². The molecule has 0 aliphatic rings. The summed E-state index contributed by atoms with van der Waals surface area (Å²) in [6.45, 7) is 4.46. The van der Waals surface area contributed by atoms with E-state index >= 15 is 0 Å². The Labute approximate surface area is 157 Å². The lowest BCUT2D eigenvalue weighted by molar-refractivity contribution is 0.394. The third-order valence-electron chi connectivity index (χ3n) is 4.36. The minimum atomic E-state index is 0.523. The van der Waals surface area contributed by atoms with Gasteiger partial charge in [-0.25, -0.2) is 4.98 Å². The zero-order valence-electron chi connectivity index (χ0n) is 15.5. The average Bonchev–Trinajstić information content (AvgIpc) is 3.12. The molecule has 0 atom stereocenters. The van der Waals surface area contributed by atoms with Gasteiger partial charge >= 0.3 is 0 Å². The SMILES string of the molecule is COc1ccc(CNc2nc3cc(C)ccc3cc2-c2noc(C)n2)cc1. The Morgan fingerprint density at radius 3 is 2.52 bits per heavy atom. The van der Waals surface area contributed by atoms with E-state index < -0.39 is 0 Å². The number of hydrogen-bond donors (Lipinski definition) is 1. The van der Waals surface area contributed by atoms with E-state index in [9.17, 15) is 0 Å². The van der Waals surface area contributed by atoms with E-state index in [1.54, 1.807) is 14.0 Å². The highest BCUT2D eigenvalue weighted by Crippen LogP contribution is 2.29. The van der Waals surface area contributed by atoms with Crippen molar-refractivity contribution in [2.45, 2.75) is 20.4 Å². The van der Waals surface area contributed by atoms with Gasteiger partial charge in [-0.1, -0.05) is 29.4 Å². The fraction of sp³-hybridized carbons (Fsp3) is 0.190. The molecule has 4 aromatic rings. The number of methoxy groups -OCH3 is 1. The minimum Gasteiger partial charge on any atom is -0.497 e. The van der Waals surface area contributed by atoms with Crippen molar-refractivity contribution >= 4 is 16.7 Å². The van der Waals surface area contributed by atoms with E-state index in [0.29, 0.717) is 18.3 Å². The topological polar surface area (TPSA) is 73.1 Å². The lowest BCUT2D eigenvalue weighted by atomic mass is 10.1. The molecule has 0 bridgehead atoms. The first-order chi connectivity index (χ1) is 13.1. The van der Waals surface area contributed by atoms with Crippen molar-refractivity contribution in [1.82, 2.24) is 15.1 Å². The van der Waals surface area contributed by atoms with E-state index in [0.717, 1.165) is 33.6 Å². The fourth-order valence-electron chi connectivity index (χ4n) is 2.92. The molecule has 0 saturated carbocycles. The first kappa shape index (κ1) is 17.0. The number of aromatic nitrogens is 3. The molecular weight excluding hydrogens is 340 g/mol. The molecule has 0 amide bonds. The molecular formula is C21H20N4O2. The number of anilines is 1. The van der Waals surface area contributed by atoms with Crippen LogP contribution in [0, 0.1) is 13.8 Å². The van der Waals surface area contributed by atoms with Gasteiger partial charge in [0.25, 0.3) is 0 Å². The van der Waals surface area contributed by atoms with E-state index in [1.807, 2.05) is 30.3 Å². The number of fused-ring (bicyclic) bond motifs is 1. The number of rotatable bonds is 5. The highest BCUT2D eigenvalue weighted by atomic mass is 16.5. The predicted octanol–water partition coefficient (Wildman–Crippen LogP) is 4.52. The highest BCUT2D eigenvalue weighted by Gasteiger charge is 2.14. The van der Waals surface area contributed by atoms with Crippen LogP contribution in [-0.4, -0.2) is 22.2 Å². The summed E-state index contributed by atoms with van der Waals surface area (Å²) in [7, 11) is 1.66. The maximum absolute atomic E-state index is 5.21. The number of benzene rings is 2. The number of aryl methyl sites for hydroxylation is 2. The Hall–Kier alpha value is -3.41. The maximum Gasteiger partial charge on any atom is 0.223 e. The van der Waals surface area contributed by atoms with Crippen molar-refractivity contribution in [3.05, 3.63) is 65.5 Å². The van der Waals surface area contributed by atoms with Crippen LogP contribution in [0.1, 0.15) is 17.0 Å². The standard InChI is InChI=1S/C21H20N4O2/c1-13-4-7-16-11-18(21-23-14(2)27-25-21)20(24-19(16)10-13)22-12-15-5-8-17(26-3)9-6-15/h4-11H,12H2,1-3H3,(H,22,24).